The molecule has 1 atom stereocenters. The van der Waals surface area contributed by atoms with Crippen LogP contribution in [0.2, 0.25) is 0 Å². The summed E-state index contributed by atoms with van der Waals surface area (Å²) in [6, 6.07) is 4.82. The summed E-state index contributed by atoms with van der Waals surface area (Å²) in [5, 5.41) is 6.72. The van der Waals surface area contributed by atoms with Crippen molar-refractivity contribution in [2.24, 2.45) is 4.99 Å². The maximum absolute atomic E-state index is 13.2. The molecule has 1 unspecified atom stereocenters. The average Bonchev–Trinajstić information content (AvgIpc) is 3.24. The third kappa shape index (κ3) is 6.04. The third-order valence-electron chi connectivity index (χ3n) is 5.25. The number of nitrogens with one attached hydrogen (secondary N) is 2. The lowest BCUT2D eigenvalue weighted by molar-refractivity contribution is 0.242. The largest absolute Gasteiger partial charge is 0.356 e. The first kappa shape index (κ1) is 21.3. The second-order valence-corrected chi connectivity index (χ2v) is 7.09. The van der Waals surface area contributed by atoms with Gasteiger partial charge < -0.3 is 10.6 Å². The van der Waals surface area contributed by atoms with Gasteiger partial charge in [0.25, 0.3) is 0 Å². The standard InChI is InChI=1S/C19H28F2N4.HI/c1-22-19(23-8-6-14-10-15(20)12-16(21)11-14)24-17-7-9-25(13-17)18-4-2-3-5-18;/h10-12,17-18H,2-9,13H2,1H3,(H2,22,23,24);1H. The Hall–Kier alpha value is -0.960. The molecule has 1 saturated carbocycles. The third-order valence-corrected chi connectivity index (χ3v) is 5.25. The zero-order valence-electron chi connectivity index (χ0n) is 15.3. The van der Waals surface area contributed by atoms with Gasteiger partial charge >= 0.3 is 0 Å². The normalized spacial score (nSPS) is 21.7. The molecule has 3 rings (SSSR count). The molecule has 0 aromatic heterocycles. The van der Waals surface area contributed by atoms with Crippen LogP contribution in [-0.4, -0.2) is 49.6 Å². The second-order valence-electron chi connectivity index (χ2n) is 7.09. The SMILES string of the molecule is CN=C(NCCc1cc(F)cc(F)c1)NC1CCN(C2CCCC2)C1.I. The molecule has 0 radical (unpaired) electrons. The molecule has 1 saturated heterocycles. The predicted octanol–water partition coefficient (Wildman–Crippen LogP) is 3.31. The lowest BCUT2D eigenvalue weighted by atomic mass is 10.1. The number of likely N-dealkylation sites (tertiary alicyclic amines) is 1. The molecule has 4 nitrogen and oxygen atoms in total. The number of guanidine groups is 1. The quantitative estimate of drug-likeness (QED) is 0.388. The van der Waals surface area contributed by atoms with E-state index in [1.54, 1.807) is 7.05 Å². The highest BCUT2D eigenvalue weighted by Crippen LogP contribution is 2.26. The van der Waals surface area contributed by atoms with Crippen LogP contribution < -0.4 is 10.6 Å². The monoisotopic (exact) mass is 478 g/mol. The van der Waals surface area contributed by atoms with Crippen molar-refractivity contribution in [3.8, 4) is 0 Å². The minimum atomic E-state index is -0.532. The summed E-state index contributed by atoms with van der Waals surface area (Å²) >= 11 is 0. The molecule has 146 valence electrons. The van der Waals surface area contributed by atoms with E-state index >= 15 is 0 Å². The number of hydrogen-bond acceptors (Lipinski definition) is 2. The fraction of sp³-hybridized carbons (Fsp3) is 0.632. The van der Waals surface area contributed by atoms with Crippen molar-refractivity contribution in [3.63, 3.8) is 0 Å². The highest BCUT2D eigenvalue weighted by atomic mass is 127. The number of halogens is 3. The summed E-state index contributed by atoms with van der Waals surface area (Å²) in [7, 11) is 1.75. The van der Waals surface area contributed by atoms with Gasteiger partial charge in [0.1, 0.15) is 11.6 Å². The molecular formula is C19H29F2IN4. The molecule has 1 aromatic carbocycles. The van der Waals surface area contributed by atoms with Gasteiger partial charge in [-0.25, -0.2) is 8.78 Å². The molecular weight excluding hydrogens is 449 g/mol. The Morgan fingerprint density at radius 2 is 1.85 bits per heavy atom. The van der Waals surface area contributed by atoms with Crippen LogP contribution in [0, 0.1) is 11.6 Å². The fourth-order valence-electron chi connectivity index (χ4n) is 3.97. The molecule has 2 aliphatic rings. The van der Waals surface area contributed by atoms with E-state index in [2.05, 4.69) is 20.5 Å². The number of hydrogen-bond donors (Lipinski definition) is 2. The van der Waals surface area contributed by atoms with Crippen LogP contribution in [0.25, 0.3) is 0 Å². The maximum Gasteiger partial charge on any atom is 0.191 e. The van der Waals surface area contributed by atoms with E-state index in [1.165, 1.54) is 37.8 Å². The first-order valence-corrected chi connectivity index (χ1v) is 9.30. The first-order valence-electron chi connectivity index (χ1n) is 9.30. The molecule has 1 heterocycles. The number of aliphatic imine (C=N–C) groups is 1. The van der Waals surface area contributed by atoms with Crippen molar-refractivity contribution in [3.05, 3.63) is 35.4 Å². The number of benzene rings is 1. The van der Waals surface area contributed by atoms with Crippen LogP contribution in [-0.2, 0) is 6.42 Å². The molecule has 26 heavy (non-hydrogen) atoms. The summed E-state index contributed by atoms with van der Waals surface area (Å²) in [6.45, 7) is 2.81. The predicted molar refractivity (Wildman–Crippen MR) is 112 cm³/mol. The molecule has 2 N–H and O–H groups in total. The van der Waals surface area contributed by atoms with Crippen LogP contribution in [0.3, 0.4) is 0 Å². The topological polar surface area (TPSA) is 39.7 Å². The molecule has 0 spiro atoms. The zero-order chi connectivity index (χ0) is 17.6. The van der Waals surface area contributed by atoms with Crippen molar-refractivity contribution in [1.82, 2.24) is 15.5 Å². The Morgan fingerprint density at radius 3 is 2.50 bits per heavy atom. The van der Waals surface area contributed by atoms with Gasteiger partial charge in [0.05, 0.1) is 0 Å². The van der Waals surface area contributed by atoms with Crippen LogP contribution in [0.15, 0.2) is 23.2 Å². The van der Waals surface area contributed by atoms with E-state index in [1.807, 2.05) is 0 Å². The minimum Gasteiger partial charge on any atom is -0.356 e. The molecule has 0 bridgehead atoms. The molecule has 1 aliphatic carbocycles. The van der Waals surface area contributed by atoms with Gasteiger partial charge in [0.15, 0.2) is 5.96 Å². The van der Waals surface area contributed by atoms with Gasteiger partial charge in [-0.3, -0.25) is 9.89 Å². The smallest absolute Gasteiger partial charge is 0.191 e. The van der Waals surface area contributed by atoms with Crippen molar-refractivity contribution in [2.45, 2.75) is 50.6 Å². The van der Waals surface area contributed by atoms with Gasteiger partial charge in [-0.2, -0.15) is 0 Å². The molecule has 7 heteroatoms. The van der Waals surface area contributed by atoms with Crippen molar-refractivity contribution >= 4 is 29.9 Å². The molecule has 2 fully saturated rings. The highest BCUT2D eigenvalue weighted by Gasteiger charge is 2.30. The lowest BCUT2D eigenvalue weighted by Crippen LogP contribution is -2.45. The van der Waals surface area contributed by atoms with Crippen LogP contribution in [0.1, 0.15) is 37.7 Å². The number of nitrogens with zero attached hydrogens (tertiary/aromatic N) is 2. The van der Waals surface area contributed by atoms with Crippen LogP contribution in [0.5, 0.6) is 0 Å². The van der Waals surface area contributed by atoms with E-state index in [0.29, 0.717) is 24.6 Å². The van der Waals surface area contributed by atoms with Crippen molar-refractivity contribution < 1.29 is 8.78 Å². The summed E-state index contributed by atoms with van der Waals surface area (Å²) in [4.78, 5) is 6.87. The Labute approximate surface area is 171 Å². The summed E-state index contributed by atoms with van der Waals surface area (Å²) < 4.78 is 26.4. The molecule has 1 aliphatic heterocycles. The van der Waals surface area contributed by atoms with Gasteiger partial charge in [-0.15, -0.1) is 24.0 Å². The zero-order valence-corrected chi connectivity index (χ0v) is 17.6. The minimum absolute atomic E-state index is 0. The second kappa shape index (κ2) is 10.4. The Morgan fingerprint density at radius 1 is 1.15 bits per heavy atom. The molecule has 0 amide bonds. The van der Waals surface area contributed by atoms with E-state index in [0.717, 1.165) is 37.6 Å². The summed E-state index contributed by atoms with van der Waals surface area (Å²) in [5.41, 5.74) is 0.647. The maximum atomic E-state index is 13.2. The van der Waals surface area contributed by atoms with Crippen molar-refractivity contribution in [2.75, 3.05) is 26.7 Å². The van der Waals surface area contributed by atoms with E-state index < -0.39 is 11.6 Å². The van der Waals surface area contributed by atoms with Gasteiger partial charge in [0, 0.05) is 44.8 Å². The average molecular weight is 478 g/mol. The highest BCUT2D eigenvalue weighted by molar-refractivity contribution is 14.0. The van der Waals surface area contributed by atoms with Crippen molar-refractivity contribution in [1.29, 1.82) is 0 Å². The van der Waals surface area contributed by atoms with Gasteiger partial charge in [-0.05, 0) is 43.4 Å². The fourth-order valence-corrected chi connectivity index (χ4v) is 3.97. The molecule has 1 aromatic rings. The lowest BCUT2D eigenvalue weighted by Gasteiger charge is -2.24. The van der Waals surface area contributed by atoms with Crippen LogP contribution in [0.4, 0.5) is 8.78 Å². The Bertz CT molecular complexity index is 585. The van der Waals surface area contributed by atoms with Crippen LogP contribution >= 0.6 is 24.0 Å². The Kier molecular flexibility index (Phi) is 8.53. The number of rotatable bonds is 5. The first-order chi connectivity index (χ1) is 12.1. The van der Waals surface area contributed by atoms with Gasteiger partial charge in [0.2, 0.25) is 0 Å². The van der Waals surface area contributed by atoms with E-state index in [4.69, 9.17) is 0 Å². The van der Waals surface area contributed by atoms with Gasteiger partial charge in [-0.1, -0.05) is 12.8 Å². The Balaban J connectivity index is 0.00000243. The van der Waals surface area contributed by atoms with E-state index in [9.17, 15) is 8.78 Å². The van der Waals surface area contributed by atoms with E-state index in [-0.39, 0.29) is 24.0 Å². The summed E-state index contributed by atoms with van der Waals surface area (Å²) in [6.07, 6.45) is 7.08. The summed E-state index contributed by atoms with van der Waals surface area (Å²) in [5.74, 6) is -0.305.